The van der Waals surface area contributed by atoms with Crippen molar-refractivity contribution in [3.63, 3.8) is 0 Å². The molecule has 0 aliphatic heterocycles. The minimum Gasteiger partial charge on any atom is -0.478 e. The van der Waals surface area contributed by atoms with Gasteiger partial charge in [0.1, 0.15) is 11.4 Å². The number of carboxylic acid groups (broad SMARTS) is 1. The zero-order chi connectivity index (χ0) is 13.8. The molecule has 1 aromatic heterocycles. The quantitative estimate of drug-likeness (QED) is 0.911. The van der Waals surface area contributed by atoms with Crippen molar-refractivity contribution in [1.29, 1.82) is 0 Å². The fraction of sp³-hybridized carbons (Fsp3) is 0. The number of carboxylic acids is 1. The molecule has 19 heavy (non-hydrogen) atoms. The normalized spacial score (nSPS) is 9.95. The SMILES string of the molecule is O=C(Nc1ncccc1C(=O)O)c1ccccc1Br. The predicted octanol–water partition coefficient (Wildman–Crippen LogP) is 2.79. The van der Waals surface area contributed by atoms with Gasteiger partial charge in [-0.05, 0) is 40.2 Å². The molecule has 0 atom stereocenters. The molecule has 2 aromatic rings. The average molecular weight is 321 g/mol. The van der Waals surface area contributed by atoms with E-state index in [1.807, 2.05) is 0 Å². The number of anilines is 1. The maximum atomic E-state index is 12.0. The maximum Gasteiger partial charge on any atom is 0.339 e. The van der Waals surface area contributed by atoms with Crippen LogP contribution in [-0.4, -0.2) is 22.0 Å². The number of nitrogens with zero attached hydrogens (tertiary/aromatic N) is 1. The van der Waals surface area contributed by atoms with Gasteiger partial charge in [0.05, 0.1) is 5.56 Å². The fourth-order valence-corrected chi connectivity index (χ4v) is 1.96. The summed E-state index contributed by atoms with van der Waals surface area (Å²) < 4.78 is 0.625. The molecule has 0 saturated heterocycles. The molecule has 0 fully saturated rings. The van der Waals surface area contributed by atoms with Crippen molar-refractivity contribution >= 4 is 33.6 Å². The van der Waals surface area contributed by atoms with Crippen molar-refractivity contribution in [1.82, 2.24) is 4.98 Å². The van der Waals surface area contributed by atoms with E-state index in [1.54, 1.807) is 24.3 Å². The number of benzene rings is 1. The lowest BCUT2D eigenvalue weighted by molar-refractivity contribution is 0.0697. The molecule has 1 heterocycles. The van der Waals surface area contributed by atoms with Crippen LogP contribution >= 0.6 is 15.9 Å². The Labute approximate surface area is 117 Å². The van der Waals surface area contributed by atoms with Crippen LogP contribution in [0.15, 0.2) is 47.1 Å². The third kappa shape index (κ3) is 2.97. The van der Waals surface area contributed by atoms with Gasteiger partial charge >= 0.3 is 5.97 Å². The Morgan fingerprint density at radius 1 is 1.11 bits per heavy atom. The van der Waals surface area contributed by atoms with Gasteiger partial charge in [-0.15, -0.1) is 0 Å². The second-order valence-corrected chi connectivity index (χ2v) is 4.49. The number of rotatable bonds is 3. The molecule has 0 radical (unpaired) electrons. The van der Waals surface area contributed by atoms with Crippen molar-refractivity contribution in [3.8, 4) is 0 Å². The van der Waals surface area contributed by atoms with Crippen LogP contribution in [0.5, 0.6) is 0 Å². The molecule has 0 spiro atoms. The molecule has 0 saturated carbocycles. The zero-order valence-electron chi connectivity index (χ0n) is 9.63. The number of hydrogen-bond donors (Lipinski definition) is 2. The number of aromatic carboxylic acids is 1. The van der Waals surface area contributed by atoms with Crippen LogP contribution < -0.4 is 5.32 Å². The van der Waals surface area contributed by atoms with E-state index in [2.05, 4.69) is 26.2 Å². The fourth-order valence-electron chi connectivity index (χ4n) is 1.50. The third-order valence-corrected chi connectivity index (χ3v) is 3.08. The highest BCUT2D eigenvalue weighted by Crippen LogP contribution is 2.18. The Morgan fingerprint density at radius 3 is 2.47 bits per heavy atom. The molecular formula is C13H9BrN2O3. The van der Waals surface area contributed by atoms with E-state index in [4.69, 9.17) is 5.11 Å². The second kappa shape index (κ2) is 5.62. The average Bonchev–Trinajstić information content (AvgIpc) is 2.39. The molecule has 0 aliphatic carbocycles. The second-order valence-electron chi connectivity index (χ2n) is 3.64. The smallest absolute Gasteiger partial charge is 0.339 e. The number of pyridine rings is 1. The van der Waals surface area contributed by atoms with Crippen LogP contribution in [0.4, 0.5) is 5.82 Å². The van der Waals surface area contributed by atoms with Crippen molar-refractivity contribution < 1.29 is 14.7 Å². The summed E-state index contributed by atoms with van der Waals surface area (Å²) >= 11 is 3.26. The first-order valence-corrected chi connectivity index (χ1v) is 6.13. The molecule has 0 unspecified atom stereocenters. The molecule has 0 aliphatic rings. The minimum atomic E-state index is -1.14. The van der Waals surface area contributed by atoms with Gasteiger partial charge in [0.25, 0.3) is 5.91 Å². The lowest BCUT2D eigenvalue weighted by Crippen LogP contribution is -2.16. The monoisotopic (exact) mass is 320 g/mol. The van der Waals surface area contributed by atoms with Crippen LogP contribution in [0.1, 0.15) is 20.7 Å². The highest BCUT2D eigenvalue weighted by Gasteiger charge is 2.15. The van der Waals surface area contributed by atoms with E-state index in [9.17, 15) is 9.59 Å². The van der Waals surface area contributed by atoms with E-state index in [0.29, 0.717) is 10.0 Å². The van der Waals surface area contributed by atoms with Gasteiger partial charge in [0.2, 0.25) is 0 Å². The Balaban J connectivity index is 2.30. The van der Waals surface area contributed by atoms with Crippen LogP contribution in [0, 0.1) is 0 Å². The highest BCUT2D eigenvalue weighted by molar-refractivity contribution is 9.10. The number of amides is 1. The van der Waals surface area contributed by atoms with Gasteiger partial charge in [-0.1, -0.05) is 12.1 Å². The van der Waals surface area contributed by atoms with Gasteiger partial charge < -0.3 is 10.4 Å². The first-order chi connectivity index (χ1) is 9.09. The van der Waals surface area contributed by atoms with Crippen molar-refractivity contribution in [3.05, 3.63) is 58.2 Å². The lowest BCUT2D eigenvalue weighted by atomic mass is 10.2. The standard InChI is InChI=1S/C13H9BrN2O3/c14-10-6-2-1-4-8(10)12(17)16-11-9(13(18)19)5-3-7-15-11/h1-7H,(H,18,19)(H,15,16,17). The number of halogens is 1. The van der Waals surface area contributed by atoms with Crippen LogP contribution in [0.2, 0.25) is 0 Å². The summed E-state index contributed by atoms with van der Waals surface area (Å²) in [6.45, 7) is 0. The van der Waals surface area contributed by atoms with Gasteiger partial charge in [0, 0.05) is 10.7 Å². The van der Waals surface area contributed by atoms with E-state index in [-0.39, 0.29) is 11.4 Å². The highest BCUT2D eigenvalue weighted by atomic mass is 79.9. The summed E-state index contributed by atoms with van der Waals surface area (Å²) in [6, 6.07) is 9.73. The van der Waals surface area contributed by atoms with E-state index in [0.717, 1.165) is 0 Å². The summed E-state index contributed by atoms with van der Waals surface area (Å²) in [5.74, 6) is -1.54. The first-order valence-electron chi connectivity index (χ1n) is 5.34. The van der Waals surface area contributed by atoms with E-state index in [1.165, 1.54) is 18.3 Å². The van der Waals surface area contributed by atoms with Gasteiger partial charge in [-0.2, -0.15) is 0 Å². The van der Waals surface area contributed by atoms with E-state index >= 15 is 0 Å². The van der Waals surface area contributed by atoms with Gasteiger partial charge in [0.15, 0.2) is 0 Å². The van der Waals surface area contributed by atoms with Crippen molar-refractivity contribution in [2.45, 2.75) is 0 Å². The zero-order valence-corrected chi connectivity index (χ0v) is 11.2. The summed E-state index contributed by atoms with van der Waals surface area (Å²) in [5, 5.41) is 11.5. The van der Waals surface area contributed by atoms with Crippen molar-refractivity contribution in [2.75, 3.05) is 5.32 Å². The number of hydrogen-bond acceptors (Lipinski definition) is 3. The molecular weight excluding hydrogens is 312 g/mol. The van der Waals surface area contributed by atoms with Gasteiger partial charge in [-0.3, -0.25) is 4.79 Å². The summed E-state index contributed by atoms with van der Waals surface area (Å²) in [6.07, 6.45) is 1.42. The Bertz CT molecular complexity index is 643. The van der Waals surface area contributed by atoms with Crippen LogP contribution in [-0.2, 0) is 0 Å². The molecule has 2 N–H and O–H groups in total. The first kappa shape index (κ1) is 13.2. The minimum absolute atomic E-state index is 0.0238. The maximum absolute atomic E-state index is 12.0. The largest absolute Gasteiger partial charge is 0.478 e. The third-order valence-electron chi connectivity index (χ3n) is 2.39. The number of nitrogens with one attached hydrogen (secondary N) is 1. The molecule has 5 nitrogen and oxygen atoms in total. The Hall–Kier alpha value is -2.21. The molecule has 96 valence electrons. The lowest BCUT2D eigenvalue weighted by Gasteiger charge is -2.08. The number of carbonyl (C=O) groups is 2. The van der Waals surface area contributed by atoms with Crippen LogP contribution in [0.25, 0.3) is 0 Å². The molecule has 1 aromatic carbocycles. The van der Waals surface area contributed by atoms with E-state index < -0.39 is 11.9 Å². The molecule has 6 heteroatoms. The number of aromatic nitrogens is 1. The van der Waals surface area contributed by atoms with Crippen molar-refractivity contribution in [2.24, 2.45) is 0 Å². The Kier molecular flexibility index (Phi) is 3.91. The number of carbonyl (C=O) groups excluding carboxylic acids is 1. The van der Waals surface area contributed by atoms with Crippen LogP contribution in [0.3, 0.4) is 0 Å². The summed E-state index contributed by atoms with van der Waals surface area (Å²) in [5.41, 5.74) is 0.354. The molecule has 2 rings (SSSR count). The molecule has 1 amide bonds. The molecule has 0 bridgehead atoms. The predicted molar refractivity (Wildman–Crippen MR) is 73.3 cm³/mol. The van der Waals surface area contributed by atoms with Gasteiger partial charge in [-0.25, -0.2) is 9.78 Å². The Morgan fingerprint density at radius 2 is 1.79 bits per heavy atom. The summed E-state index contributed by atoms with van der Waals surface area (Å²) in [4.78, 5) is 26.9. The summed E-state index contributed by atoms with van der Waals surface area (Å²) in [7, 11) is 0. The topological polar surface area (TPSA) is 79.3 Å².